The van der Waals surface area contributed by atoms with E-state index in [2.05, 4.69) is 13.0 Å². The highest BCUT2D eigenvalue weighted by Gasteiger charge is 2.46. The van der Waals surface area contributed by atoms with Crippen LogP contribution in [0.15, 0.2) is 35.4 Å². The van der Waals surface area contributed by atoms with Crippen LogP contribution >= 0.6 is 0 Å². The molecule has 3 nitrogen and oxygen atoms in total. The summed E-state index contributed by atoms with van der Waals surface area (Å²) in [5.41, 5.74) is 3.22. The van der Waals surface area contributed by atoms with Gasteiger partial charge in [0.2, 0.25) is 0 Å². The molecule has 2 aliphatic carbocycles. The van der Waals surface area contributed by atoms with Crippen LogP contribution in [0, 0.1) is 5.41 Å². The summed E-state index contributed by atoms with van der Waals surface area (Å²) < 4.78 is 5.26. The normalized spacial score (nSPS) is 28.0. The first kappa shape index (κ1) is 15.3. The van der Waals surface area contributed by atoms with Crippen LogP contribution in [0.1, 0.15) is 44.6 Å². The van der Waals surface area contributed by atoms with Crippen LogP contribution in [0.5, 0.6) is 5.75 Å². The molecular formula is C19H24O3. The van der Waals surface area contributed by atoms with E-state index >= 15 is 0 Å². The number of rotatable bonds is 4. The molecule has 2 aliphatic rings. The van der Waals surface area contributed by atoms with Gasteiger partial charge >= 0.3 is 0 Å². The molecule has 1 aromatic rings. The summed E-state index contributed by atoms with van der Waals surface area (Å²) in [6.07, 6.45) is 4.36. The van der Waals surface area contributed by atoms with Crippen molar-refractivity contribution in [2.75, 3.05) is 7.11 Å². The van der Waals surface area contributed by atoms with Gasteiger partial charge in [-0.3, -0.25) is 4.79 Å². The molecule has 0 spiro atoms. The Hall–Kier alpha value is -1.61. The third kappa shape index (κ3) is 2.58. The standard InChI is InChI=1S/C19H24O3/c1-19-11-10-17(20)15(16(19)8-9-18(19)21)7-6-13-4-3-5-14(12-13)22-2/h3-5,12,18,21H,6-11H2,1-2H3/t18-,19+/m1/s1. The number of carbonyl (C=O) groups excluding carboxylic acids is 1. The van der Waals surface area contributed by atoms with Crippen LogP contribution < -0.4 is 4.74 Å². The van der Waals surface area contributed by atoms with Crippen molar-refractivity contribution >= 4 is 5.78 Å². The number of carbonyl (C=O) groups is 1. The van der Waals surface area contributed by atoms with Crippen LogP contribution in [0.2, 0.25) is 0 Å². The van der Waals surface area contributed by atoms with E-state index < -0.39 is 0 Å². The number of hydrogen-bond donors (Lipinski definition) is 1. The molecule has 22 heavy (non-hydrogen) atoms. The van der Waals surface area contributed by atoms with Crippen LogP contribution in [0.25, 0.3) is 0 Å². The Morgan fingerprint density at radius 3 is 2.91 bits per heavy atom. The Morgan fingerprint density at radius 1 is 1.32 bits per heavy atom. The third-order valence-electron chi connectivity index (χ3n) is 5.46. The molecule has 0 amide bonds. The molecule has 0 unspecified atom stereocenters. The highest BCUT2D eigenvalue weighted by atomic mass is 16.5. The first-order valence-electron chi connectivity index (χ1n) is 8.11. The van der Waals surface area contributed by atoms with Gasteiger partial charge in [-0.2, -0.15) is 0 Å². The minimum atomic E-state index is -0.289. The molecule has 0 aliphatic heterocycles. The molecule has 0 saturated heterocycles. The Kier molecular flexibility index (Phi) is 4.09. The maximum absolute atomic E-state index is 12.4. The Balaban J connectivity index is 1.82. The van der Waals surface area contributed by atoms with Gasteiger partial charge in [-0.15, -0.1) is 0 Å². The largest absolute Gasteiger partial charge is 0.497 e. The first-order chi connectivity index (χ1) is 10.5. The highest BCUT2D eigenvalue weighted by molar-refractivity contribution is 5.97. The SMILES string of the molecule is COc1cccc(CCC2=C3CC[C@@H](O)[C@@]3(C)CCC2=O)c1. The molecule has 0 bridgehead atoms. The number of ether oxygens (including phenoxy) is 1. The van der Waals surface area contributed by atoms with Gasteiger partial charge in [0.25, 0.3) is 0 Å². The molecule has 3 heteroatoms. The third-order valence-corrected chi connectivity index (χ3v) is 5.46. The van der Waals surface area contributed by atoms with Gasteiger partial charge in [-0.1, -0.05) is 24.6 Å². The van der Waals surface area contributed by atoms with Crippen molar-refractivity contribution in [2.24, 2.45) is 5.41 Å². The van der Waals surface area contributed by atoms with Gasteiger partial charge in [0.05, 0.1) is 13.2 Å². The highest BCUT2D eigenvalue weighted by Crippen LogP contribution is 2.51. The number of fused-ring (bicyclic) bond motifs is 1. The molecule has 0 aromatic heterocycles. The maximum Gasteiger partial charge on any atom is 0.158 e. The summed E-state index contributed by atoms with van der Waals surface area (Å²) in [6, 6.07) is 8.02. The van der Waals surface area contributed by atoms with E-state index in [-0.39, 0.29) is 17.3 Å². The van der Waals surface area contributed by atoms with Crippen molar-refractivity contribution < 1.29 is 14.6 Å². The van der Waals surface area contributed by atoms with Crippen molar-refractivity contribution in [1.29, 1.82) is 0 Å². The van der Waals surface area contributed by atoms with Crippen molar-refractivity contribution in [3.05, 3.63) is 41.0 Å². The summed E-state index contributed by atoms with van der Waals surface area (Å²) in [6.45, 7) is 2.12. The molecule has 1 saturated carbocycles. The number of ketones is 1. The van der Waals surface area contributed by atoms with Gasteiger partial charge in [0.1, 0.15) is 5.75 Å². The van der Waals surface area contributed by atoms with Gasteiger partial charge in [-0.25, -0.2) is 0 Å². The molecule has 0 heterocycles. The lowest BCUT2D eigenvalue weighted by molar-refractivity contribution is -0.117. The van der Waals surface area contributed by atoms with E-state index in [1.54, 1.807) is 7.11 Å². The van der Waals surface area contributed by atoms with Crippen LogP contribution in [-0.4, -0.2) is 24.1 Å². The number of aliphatic hydroxyl groups is 1. The average Bonchev–Trinajstić information content (AvgIpc) is 2.83. The molecule has 0 radical (unpaired) electrons. The van der Waals surface area contributed by atoms with Gasteiger partial charge in [-0.05, 0) is 55.4 Å². The quantitative estimate of drug-likeness (QED) is 0.926. The summed E-state index contributed by atoms with van der Waals surface area (Å²) in [7, 11) is 1.67. The van der Waals surface area contributed by atoms with E-state index in [4.69, 9.17) is 4.74 Å². The Morgan fingerprint density at radius 2 is 2.14 bits per heavy atom. The van der Waals surface area contributed by atoms with Crippen molar-refractivity contribution in [2.45, 2.75) is 51.6 Å². The number of aliphatic hydroxyl groups excluding tert-OH is 1. The summed E-state index contributed by atoms with van der Waals surface area (Å²) in [4.78, 5) is 12.4. The van der Waals surface area contributed by atoms with Gasteiger partial charge in [0, 0.05) is 11.8 Å². The van der Waals surface area contributed by atoms with Crippen molar-refractivity contribution in [1.82, 2.24) is 0 Å². The van der Waals surface area contributed by atoms with Crippen LogP contribution in [0.4, 0.5) is 0 Å². The second-order valence-electron chi connectivity index (χ2n) is 6.70. The molecular weight excluding hydrogens is 276 g/mol. The van der Waals surface area contributed by atoms with E-state index in [0.29, 0.717) is 6.42 Å². The molecule has 2 atom stereocenters. The summed E-state index contributed by atoms with van der Waals surface area (Å²) >= 11 is 0. The first-order valence-corrected chi connectivity index (χ1v) is 8.11. The lowest BCUT2D eigenvalue weighted by atomic mass is 9.70. The predicted octanol–water partition coefficient (Wildman–Crippen LogP) is 3.45. The zero-order valence-corrected chi connectivity index (χ0v) is 13.4. The van der Waals surface area contributed by atoms with E-state index in [0.717, 1.165) is 43.4 Å². The van der Waals surface area contributed by atoms with Crippen LogP contribution in [0.3, 0.4) is 0 Å². The fourth-order valence-corrected chi connectivity index (χ4v) is 3.98. The monoisotopic (exact) mass is 300 g/mol. The lowest BCUT2D eigenvalue weighted by Crippen LogP contribution is -2.33. The molecule has 1 aromatic carbocycles. The van der Waals surface area contributed by atoms with E-state index in [1.165, 1.54) is 11.1 Å². The maximum atomic E-state index is 12.4. The molecule has 118 valence electrons. The van der Waals surface area contributed by atoms with Gasteiger partial charge in [0.15, 0.2) is 5.78 Å². The van der Waals surface area contributed by atoms with Crippen LogP contribution in [-0.2, 0) is 11.2 Å². The smallest absolute Gasteiger partial charge is 0.158 e. The second kappa shape index (κ2) is 5.88. The second-order valence-corrected chi connectivity index (χ2v) is 6.70. The van der Waals surface area contributed by atoms with Crippen molar-refractivity contribution in [3.63, 3.8) is 0 Å². The number of benzene rings is 1. The predicted molar refractivity (Wildman–Crippen MR) is 85.9 cm³/mol. The number of Topliss-reactive ketones (excluding diaryl/α,β-unsaturated/α-hetero) is 1. The molecule has 1 fully saturated rings. The minimum Gasteiger partial charge on any atom is -0.497 e. The number of hydrogen-bond acceptors (Lipinski definition) is 3. The zero-order valence-electron chi connectivity index (χ0n) is 13.4. The summed E-state index contributed by atoms with van der Waals surface area (Å²) in [5.74, 6) is 1.13. The Bertz CT molecular complexity index is 617. The number of methoxy groups -OCH3 is 1. The fraction of sp³-hybridized carbons (Fsp3) is 0.526. The number of aryl methyl sites for hydroxylation is 1. The van der Waals surface area contributed by atoms with Gasteiger partial charge < -0.3 is 9.84 Å². The minimum absolute atomic E-state index is 0.169. The molecule has 1 N–H and O–H groups in total. The van der Waals surface area contributed by atoms with Crippen molar-refractivity contribution in [3.8, 4) is 5.75 Å². The van der Waals surface area contributed by atoms with E-state index in [9.17, 15) is 9.90 Å². The average molecular weight is 300 g/mol. The topological polar surface area (TPSA) is 46.5 Å². The van der Waals surface area contributed by atoms with E-state index in [1.807, 2.05) is 18.2 Å². The summed E-state index contributed by atoms with van der Waals surface area (Å²) in [5, 5.41) is 10.3. The number of allylic oxidation sites excluding steroid dienone is 1. The Labute approximate surface area is 132 Å². The fourth-order valence-electron chi connectivity index (χ4n) is 3.98. The zero-order chi connectivity index (χ0) is 15.7. The lowest BCUT2D eigenvalue weighted by Gasteiger charge is -2.35. The molecule has 3 rings (SSSR count).